The van der Waals surface area contributed by atoms with Gasteiger partial charge in [0, 0.05) is 61.5 Å². The van der Waals surface area contributed by atoms with E-state index in [1.165, 1.54) is 70.2 Å². The predicted molar refractivity (Wildman–Crippen MR) is 443 cm³/mol. The van der Waals surface area contributed by atoms with Crippen molar-refractivity contribution >= 4 is 108 Å². The summed E-state index contributed by atoms with van der Waals surface area (Å²) in [5.74, 6) is 0. The summed E-state index contributed by atoms with van der Waals surface area (Å²) in [6.45, 7) is 13.9. The first-order valence-electron chi connectivity index (χ1n) is 36.3. The van der Waals surface area contributed by atoms with Crippen molar-refractivity contribution in [3.63, 3.8) is 0 Å². The average molecular weight is 1340 g/mol. The van der Waals surface area contributed by atoms with Gasteiger partial charge in [-0.3, -0.25) is 0 Å². The fraction of sp³-hybridized carbons (Fsp3) is 0.0816. The van der Waals surface area contributed by atoms with Gasteiger partial charge in [0.2, 0.25) is 0 Å². The summed E-state index contributed by atoms with van der Waals surface area (Å²) in [7, 11) is -3.20. The Balaban J connectivity index is 1.06. The minimum atomic E-state index is -3.20. The molecular weight excluding hydrogens is 1260 g/mol. The van der Waals surface area contributed by atoms with Crippen LogP contribution >= 0.6 is 0 Å². The van der Waals surface area contributed by atoms with E-state index in [1.54, 1.807) is 0 Å². The Morgan fingerprint density at radius 1 is 0.262 bits per heavy atom. The molecule has 0 saturated carbocycles. The second kappa shape index (κ2) is 25.2. The maximum Gasteiger partial charge on any atom is 0.252 e. The van der Waals surface area contributed by atoms with E-state index >= 15 is 0 Å². The molecule has 3 nitrogen and oxygen atoms in total. The standard InChI is InChI=1S/C98H78BN3Si/c1-97(2,3)73-61-82(68-37-17-8-18-38-68)95(83(62-73)69-39-19-9-20-40-69)101-90-58-56-79(103(76-45-25-12-26-46-76,77-47-27-13-28-48-77)78-49-29-14-30-50-78)66-87(90)99-86-57-55-75(100-88-53-33-31-51-80(88)81-52-32-34-54-89(81)100)65-91(86)102(93-60-72(59-92(101)94(93)99)67-35-15-7-16-36-67)96-84(70-41-21-10-22-42-70)63-74(98(4,5)6)64-85(96)71-43-23-11-24-44-71/h7-66H,1-6H3. The topological polar surface area (TPSA) is 11.4 Å². The Morgan fingerprint density at radius 3 is 1.00 bits per heavy atom. The highest BCUT2D eigenvalue weighted by atomic mass is 28.3. The second-order valence-electron chi connectivity index (χ2n) is 29.9. The molecule has 16 aromatic rings. The van der Waals surface area contributed by atoms with Crippen LogP contribution in [0.3, 0.4) is 0 Å². The molecule has 0 bridgehead atoms. The molecule has 1 aromatic heterocycles. The van der Waals surface area contributed by atoms with Gasteiger partial charge in [-0.25, -0.2) is 0 Å². The number of anilines is 6. The second-order valence-corrected chi connectivity index (χ2v) is 33.7. The van der Waals surface area contributed by atoms with Gasteiger partial charge in [0.25, 0.3) is 6.71 Å². The molecule has 5 heteroatoms. The molecule has 0 N–H and O–H groups in total. The van der Waals surface area contributed by atoms with E-state index in [0.717, 1.165) is 95.4 Å². The zero-order valence-corrected chi connectivity index (χ0v) is 60.1. The smallest absolute Gasteiger partial charge is 0.252 e. The molecule has 0 radical (unpaired) electrons. The third-order valence-corrected chi connectivity index (χ3v) is 26.6. The van der Waals surface area contributed by atoms with E-state index in [4.69, 9.17) is 0 Å². The SMILES string of the molecule is CC(C)(C)c1cc(-c2ccccc2)c(N2c3ccc([Si](c4ccccc4)(c4ccccc4)c4ccccc4)cc3B3c4ccc(-n5c6ccccc6c6ccccc65)cc4N(c4c(-c5ccccc5)cc(C(C)(C)C)cc4-c4ccccc4)c4cc(-c5ccccc5)cc2c43)c(-c2ccccc2)c1. The van der Waals surface area contributed by atoms with Crippen LogP contribution in [-0.4, -0.2) is 19.4 Å². The van der Waals surface area contributed by atoms with Crippen molar-refractivity contribution < 1.29 is 0 Å². The summed E-state index contributed by atoms with van der Waals surface area (Å²) in [6, 6.07) is 139. The lowest BCUT2D eigenvalue weighted by molar-refractivity contribution is 0.590. The van der Waals surface area contributed by atoms with Crippen LogP contribution < -0.4 is 46.9 Å². The summed E-state index contributed by atoms with van der Waals surface area (Å²) in [4.78, 5) is 5.46. The maximum atomic E-state index is 2.73. The van der Waals surface area contributed by atoms with Crippen LogP contribution in [0.15, 0.2) is 364 Å². The molecule has 0 saturated heterocycles. The highest BCUT2D eigenvalue weighted by Crippen LogP contribution is 2.55. The largest absolute Gasteiger partial charge is 0.310 e. The predicted octanol–water partition coefficient (Wildman–Crippen LogP) is 21.2. The zero-order valence-electron chi connectivity index (χ0n) is 59.1. The van der Waals surface area contributed by atoms with Crippen molar-refractivity contribution in [3.05, 3.63) is 375 Å². The summed E-state index contributed by atoms with van der Waals surface area (Å²) in [6.07, 6.45) is 0. The number of hydrogen-bond acceptors (Lipinski definition) is 2. The molecule has 0 atom stereocenters. The van der Waals surface area contributed by atoms with E-state index in [-0.39, 0.29) is 17.5 Å². The van der Waals surface area contributed by atoms with Crippen molar-refractivity contribution in [3.8, 4) is 61.3 Å². The Kier molecular flexibility index (Phi) is 15.5. The molecule has 18 rings (SSSR count). The van der Waals surface area contributed by atoms with E-state index in [1.807, 2.05) is 0 Å². The molecule has 0 aliphatic carbocycles. The van der Waals surface area contributed by atoms with Crippen molar-refractivity contribution in [1.29, 1.82) is 0 Å². The van der Waals surface area contributed by atoms with Gasteiger partial charge in [0.1, 0.15) is 0 Å². The number of aromatic nitrogens is 1. The van der Waals surface area contributed by atoms with Crippen LogP contribution in [0, 0.1) is 0 Å². The Hall–Kier alpha value is -12.0. The molecule has 2 aliphatic heterocycles. The van der Waals surface area contributed by atoms with Crippen LogP contribution in [0.5, 0.6) is 0 Å². The monoisotopic (exact) mass is 1340 g/mol. The number of benzene rings is 15. The Labute approximate surface area is 607 Å². The molecule has 3 heterocycles. The number of rotatable bonds is 12. The lowest BCUT2D eigenvalue weighted by Gasteiger charge is -2.46. The summed E-state index contributed by atoms with van der Waals surface area (Å²) in [5, 5.41) is 7.75. The van der Waals surface area contributed by atoms with Gasteiger partial charge in [-0.15, -0.1) is 0 Å². The number of hydrogen-bond donors (Lipinski definition) is 0. The van der Waals surface area contributed by atoms with Crippen LogP contribution in [0.4, 0.5) is 34.1 Å². The summed E-state index contributed by atoms with van der Waals surface area (Å²) in [5.41, 5.74) is 27.5. The normalized spacial score (nSPS) is 12.7. The van der Waals surface area contributed by atoms with Gasteiger partial charge >= 0.3 is 0 Å². The minimum absolute atomic E-state index is 0.199. The lowest BCUT2D eigenvalue weighted by Crippen LogP contribution is -2.75. The van der Waals surface area contributed by atoms with Gasteiger partial charge < -0.3 is 14.4 Å². The van der Waals surface area contributed by atoms with Crippen LogP contribution in [0.2, 0.25) is 0 Å². The number of nitrogens with zero attached hydrogens (tertiary/aromatic N) is 3. The quantitative estimate of drug-likeness (QED) is 0.0892. The first-order valence-corrected chi connectivity index (χ1v) is 38.3. The molecule has 0 unspecified atom stereocenters. The number of para-hydroxylation sites is 2. The van der Waals surface area contributed by atoms with Gasteiger partial charge in [0.05, 0.1) is 22.4 Å². The van der Waals surface area contributed by atoms with Crippen LogP contribution in [0.25, 0.3) is 83.1 Å². The van der Waals surface area contributed by atoms with Crippen molar-refractivity contribution in [2.45, 2.75) is 52.4 Å². The Morgan fingerprint density at radius 2 is 0.612 bits per heavy atom. The average Bonchev–Trinajstić information content (AvgIpc) is 0.706. The molecule has 2 aliphatic rings. The fourth-order valence-corrected chi connectivity index (χ4v) is 21.7. The molecule has 103 heavy (non-hydrogen) atoms. The summed E-state index contributed by atoms with van der Waals surface area (Å²) < 4.78 is 2.51. The lowest BCUT2D eigenvalue weighted by atomic mass is 9.33. The van der Waals surface area contributed by atoms with E-state index in [2.05, 4.69) is 420 Å². The summed E-state index contributed by atoms with van der Waals surface area (Å²) >= 11 is 0. The first-order chi connectivity index (χ1) is 50.4. The van der Waals surface area contributed by atoms with E-state index in [0.29, 0.717) is 0 Å². The molecule has 0 amide bonds. The van der Waals surface area contributed by atoms with Gasteiger partial charge in [0.15, 0.2) is 8.07 Å². The van der Waals surface area contributed by atoms with Crippen LogP contribution in [-0.2, 0) is 10.8 Å². The Bertz CT molecular complexity index is 5600. The molecular formula is C98H78BN3Si. The molecule has 492 valence electrons. The highest BCUT2D eigenvalue weighted by Gasteiger charge is 2.49. The van der Waals surface area contributed by atoms with Gasteiger partial charge in [-0.05, 0) is 159 Å². The maximum absolute atomic E-state index is 3.20. The van der Waals surface area contributed by atoms with Crippen molar-refractivity contribution in [1.82, 2.24) is 4.57 Å². The molecule has 0 fully saturated rings. The molecule has 15 aromatic carbocycles. The third-order valence-electron chi connectivity index (χ3n) is 21.8. The first kappa shape index (κ1) is 63.2. The zero-order chi connectivity index (χ0) is 69.6. The van der Waals surface area contributed by atoms with Gasteiger partial charge in [-0.2, -0.15) is 0 Å². The third kappa shape index (κ3) is 10.6. The fourth-order valence-electron chi connectivity index (χ4n) is 16.9. The number of fused-ring (bicyclic) bond motifs is 7. The van der Waals surface area contributed by atoms with E-state index < -0.39 is 8.07 Å². The van der Waals surface area contributed by atoms with Crippen LogP contribution in [0.1, 0.15) is 52.7 Å². The highest BCUT2D eigenvalue weighted by molar-refractivity contribution is 7.20. The van der Waals surface area contributed by atoms with Crippen molar-refractivity contribution in [2.24, 2.45) is 0 Å². The van der Waals surface area contributed by atoms with E-state index in [9.17, 15) is 0 Å². The molecule has 0 spiro atoms. The van der Waals surface area contributed by atoms with Crippen molar-refractivity contribution in [2.75, 3.05) is 9.80 Å². The van der Waals surface area contributed by atoms with Gasteiger partial charge in [-0.1, -0.05) is 339 Å². The minimum Gasteiger partial charge on any atom is -0.310 e.